The fourth-order valence-corrected chi connectivity index (χ4v) is 3.60. The lowest BCUT2D eigenvalue weighted by molar-refractivity contribution is 0.0923. The number of nitrogens with one attached hydrogen (secondary N) is 1. The summed E-state index contributed by atoms with van der Waals surface area (Å²) in [4.78, 5) is 32.5. The first-order valence-electron chi connectivity index (χ1n) is 10.2. The summed E-state index contributed by atoms with van der Waals surface area (Å²) in [5.41, 5.74) is 1.80. The maximum Gasteiger partial charge on any atom is 0.328 e. The number of ether oxygens (including phenoxy) is 2. The van der Waals surface area contributed by atoms with Crippen molar-refractivity contribution in [3.8, 4) is 11.5 Å². The quantitative estimate of drug-likeness (QED) is 0.539. The van der Waals surface area contributed by atoms with Gasteiger partial charge in [-0.3, -0.25) is 4.79 Å². The molecule has 0 saturated carbocycles. The number of aromatic nitrogens is 1. The number of anilines is 1. The zero-order valence-electron chi connectivity index (χ0n) is 18.2. The standard InChI is InChI=1S/C23H23ClN4O5/c1-31-18-8-5-16(11-19(18)32-2)12-25-21(29)20-13-26-22(33-20)28-10-9-27(23(28)30)14-15-3-6-17(24)7-4-15/h3-8,11,13H,9-10,12,14H2,1-2H3,(H,25,29). The molecule has 10 heteroatoms. The van der Waals surface area contributed by atoms with Crippen LogP contribution >= 0.6 is 11.6 Å². The molecule has 2 heterocycles. The highest BCUT2D eigenvalue weighted by Gasteiger charge is 2.33. The van der Waals surface area contributed by atoms with Crippen LogP contribution in [0.3, 0.4) is 0 Å². The van der Waals surface area contributed by atoms with Crippen LogP contribution in [0.5, 0.6) is 11.5 Å². The molecule has 9 nitrogen and oxygen atoms in total. The Hall–Kier alpha value is -3.72. The van der Waals surface area contributed by atoms with Crippen molar-refractivity contribution in [2.75, 3.05) is 32.2 Å². The Bertz CT molecular complexity index is 1150. The summed E-state index contributed by atoms with van der Waals surface area (Å²) < 4.78 is 16.1. The van der Waals surface area contributed by atoms with E-state index in [2.05, 4.69) is 10.3 Å². The van der Waals surface area contributed by atoms with Crippen LogP contribution in [-0.4, -0.2) is 49.1 Å². The molecule has 33 heavy (non-hydrogen) atoms. The SMILES string of the molecule is COc1ccc(CNC(=O)c2cnc(N3CCN(Cc4ccc(Cl)cc4)C3=O)o2)cc1OC. The predicted molar refractivity (Wildman–Crippen MR) is 122 cm³/mol. The average Bonchev–Trinajstić information content (AvgIpc) is 3.46. The highest BCUT2D eigenvalue weighted by molar-refractivity contribution is 6.30. The van der Waals surface area contributed by atoms with Gasteiger partial charge in [-0.25, -0.2) is 14.7 Å². The number of urea groups is 1. The molecular formula is C23H23ClN4O5. The Labute approximate surface area is 195 Å². The first-order valence-corrected chi connectivity index (χ1v) is 10.6. The molecule has 0 bridgehead atoms. The lowest BCUT2D eigenvalue weighted by Gasteiger charge is -2.16. The maximum atomic E-state index is 12.8. The van der Waals surface area contributed by atoms with Crippen LogP contribution in [0.15, 0.2) is 53.1 Å². The Balaban J connectivity index is 1.36. The van der Waals surface area contributed by atoms with E-state index >= 15 is 0 Å². The molecule has 3 aromatic rings. The minimum absolute atomic E-state index is 0.0226. The molecule has 0 unspecified atom stereocenters. The molecule has 0 aliphatic carbocycles. The molecule has 1 aliphatic heterocycles. The van der Waals surface area contributed by atoms with Gasteiger partial charge in [-0.2, -0.15) is 0 Å². The Morgan fingerprint density at radius 1 is 1.09 bits per heavy atom. The molecule has 1 aliphatic rings. The van der Waals surface area contributed by atoms with Crippen LogP contribution in [0, 0.1) is 0 Å². The van der Waals surface area contributed by atoms with E-state index in [1.165, 1.54) is 11.1 Å². The fraction of sp³-hybridized carbons (Fsp3) is 0.261. The Morgan fingerprint density at radius 3 is 2.55 bits per heavy atom. The summed E-state index contributed by atoms with van der Waals surface area (Å²) in [6.07, 6.45) is 1.31. The van der Waals surface area contributed by atoms with E-state index in [-0.39, 0.29) is 24.4 Å². The summed E-state index contributed by atoms with van der Waals surface area (Å²) in [6, 6.07) is 12.6. The number of carbonyl (C=O) groups excluding carboxylic acids is 2. The topological polar surface area (TPSA) is 97.1 Å². The number of hydrogen-bond donors (Lipinski definition) is 1. The van der Waals surface area contributed by atoms with Gasteiger partial charge in [-0.05, 0) is 35.4 Å². The minimum atomic E-state index is -0.437. The third-order valence-corrected chi connectivity index (χ3v) is 5.48. The van der Waals surface area contributed by atoms with E-state index in [0.29, 0.717) is 36.2 Å². The van der Waals surface area contributed by atoms with E-state index in [1.807, 2.05) is 18.2 Å². The first-order chi connectivity index (χ1) is 16.0. The number of halogens is 1. The van der Waals surface area contributed by atoms with E-state index in [9.17, 15) is 9.59 Å². The molecule has 1 aromatic heterocycles. The van der Waals surface area contributed by atoms with Crippen molar-refractivity contribution < 1.29 is 23.5 Å². The van der Waals surface area contributed by atoms with Crippen molar-refractivity contribution in [1.82, 2.24) is 15.2 Å². The van der Waals surface area contributed by atoms with Crippen molar-refractivity contribution in [3.63, 3.8) is 0 Å². The molecule has 172 valence electrons. The van der Waals surface area contributed by atoms with Gasteiger partial charge in [0.1, 0.15) is 0 Å². The third-order valence-electron chi connectivity index (χ3n) is 5.23. The number of oxazole rings is 1. The van der Waals surface area contributed by atoms with Crippen molar-refractivity contribution in [2.45, 2.75) is 13.1 Å². The minimum Gasteiger partial charge on any atom is -0.493 e. The molecule has 0 atom stereocenters. The van der Waals surface area contributed by atoms with Gasteiger partial charge in [0, 0.05) is 31.2 Å². The Morgan fingerprint density at radius 2 is 1.82 bits per heavy atom. The van der Waals surface area contributed by atoms with Gasteiger partial charge in [0.15, 0.2) is 11.5 Å². The second-order valence-corrected chi connectivity index (χ2v) is 7.80. The van der Waals surface area contributed by atoms with Crippen LogP contribution < -0.4 is 19.7 Å². The second-order valence-electron chi connectivity index (χ2n) is 7.36. The predicted octanol–water partition coefficient (Wildman–Crippen LogP) is 3.72. The summed E-state index contributed by atoms with van der Waals surface area (Å²) in [7, 11) is 3.11. The Kier molecular flexibility index (Phi) is 6.69. The van der Waals surface area contributed by atoms with Crippen molar-refractivity contribution in [2.24, 2.45) is 0 Å². The van der Waals surface area contributed by atoms with Crippen LogP contribution in [0.2, 0.25) is 5.02 Å². The highest BCUT2D eigenvalue weighted by Crippen LogP contribution is 2.27. The monoisotopic (exact) mass is 470 g/mol. The molecule has 0 spiro atoms. The number of methoxy groups -OCH3 is 2. The van der Waals surface area contributed by atoms with E-state index in [1.54, 1.807) is 43.4 Å². The zero-order valence-corrected chi connectivity index (χ0v) is 19.0. The second kappa shape index (κ2) is 9.83. The van der Waals surface area contributed by atoms with Gasteiger partial charge in [-0.1, -0.05) is 29.8 Å². The third kappa shape index (κ3) is 5.04. The number of benzene rings is 2. The smallest absolute Gasteiger partial charge is 0.328 e. The molecule has 1 saturated heterocycles. The van der Waals surface area contributed by atoms with Crippen molar-refractivity contribution in [3.05, 3.63) is 70.6 Å². The van der Waals surface area contributed by atoms with Crippen molar-refractivity contribution in [1.29, 1.82) is 0 Å². The number of hydrogen-bond acceptors (Lipinski definition) is 6. The number of rotatable bonds is 8. The van der Waals surface area contributed by atoms with E-state index < -0.39 is 5.91 Å². The summed E-state index contributed by atoms with van der Waals surface area (Å²) in [5.74, 6) is 0.761. The molecule has 3 amide bonds. The number of carbonyl (C=O) groups is 2. The molecule has 2 aromatic carbocycles. The molecule has 1 fully saturated rings. The van der Waals surface area contributed by atoms with Crippen molar-refractivity contribution >= 4 is 29.6 Å². The van der Waals surface area contributed by atoms with Crippen LogP contribution in [0.4, 0.5) is 10.8 Å². The molecule has 1 N–H and O–H groups in total. The summed E-state index contributed by atoms with van der Waals surface area (Å²) in [6.45, 7) is 1.64. The van der Waals surface area contributed by atoms with Gasteiger partial charge >= 0.3 is 12.0 Å². The normalized spacial score (nSPS) is 13.4. The molecule has 4 rings (SSSR count). The lowest BCUT2D eigenvalue weighted by Crippen LogP contribution is -2.31. The number of amides is 3. The van der Waals surface area contributed by atoms with Gasteiger partial charge in [0.25, 0.3) is 5.91 Å². The number of nitrogens with zero attached hydrogens (tertiary/aromatic N) is 3. The first kappa shape index (κ1) is 22.5. The van der Waals surface area contributed by atoms with Gasteiger partial charge in [0.2, 0.25) is 5.76 Å². The van der Waals surface area contributed by atoms with E-state index in [0.717, 1.165) is 11.1 Å². The largest absolute Gasteiger partial charge is 0.493 e. The van der Waals surface area contributed by atoms with Crippen LogP contribution in [0.1, 0.15) is 21.7 Å². The fourth-order valence-electron chi connectivity index (χ4n) is 3.47. The zero-order chi connectivity index (χ0) is 23.4. The van der Waals surface area contributed by atoms with Gasteiger partial charge in [-0.15, -0.1) is 0 Å². The summed E-state index contributed by atoms with van der Waals surface area (Å²) in [5, 5.41) is 3.41. The van der Waals surface area contributed by atoms with Gasteiger partial charge in [0.05, 0.1) is 20.4 Å². The average molecular weight is 471 g/mol. The van der Waals surface area contributed by atoms with E-state index in [4.69, 9.17) is 25.5 Å². The lowest BCUT2D eigenvalue weighted by atomic mass is 10.2. The maximum absolute atomic E-state index is 12.8. The highest BCUT2D eigenvalue weighted by atomic mass is 35.5. The van der Waals surface area contributed by atoms with Gasteiger partial charge < -0.3 is 24.1 Å². The van der Waals surface area contributed by atoms with Crippen LogP contribution in [0.25, 0.3) is 0 Å². The molecule has 0 radical (unpaired) electrons. The van der Waals surface area contributed by atoms with Crippen LogP contribution in [-0.2, 0) is 13.1 Å². The molecular weight excluding hydrogens is 448 g/mol. The summed E-state index contributed by atoms with van der Waals surface area (Å²) >= 11 is 5.92.